The topological polar surface area (TPSA) is 88.8 Å². The highest BCUT2D eigenvalue weighted by Crippen LogP contribution is 2.36. The first-order valence-corrected chi connectivity index (χ1v) is 10.8. The van der Waals surface area contributed by atoms with Gasteiger partial charge in [0.15, 0.2) is 0 Å². The van der Waals surface area contributed by atoms with Crippen LogP contribution in [0.15, 0.2) is 36.9 Å². The van der Waals surface area contributed by atoms with E-state index in [0.717, 1.165) is 9.70 Å². The Labute approximate surface area is 201 Å². The van der Waals surface area contributed by atoms with Crippen LogP contribution in [0.4, 0.5) is 32.3 Å². The second kappa shape index (κ2) is 9.39. The molecule has 14 heteroatoms. The number of aryl methyl sites for hydroxylation is 1. The molecule has 1 N–H and O–H groups in total. The van der Waals surface area contributed by atoms with Crippen LogP contribution in [0.2, 0.25) is 0 Å². The van der Waals surface area contributed by atoms with Gasteiger partial charge < -0.3 is 10.2 Å². The molecule has 3 aromatic rings. The lowest BCUT2D eigenvalue weighted by molar-refractivity contribution is -0.138. The summed E-state index contributed by atoms with van der Waals surface area (Å²) in [4.78, 5) is 22.7. The average molecular weight is 513 g/mol. The number of piperidine rings is 1. The van der Waals surface area contributed by atoms with Crippen molar-refractivity contribution >= 4 is 11.9 Å². The Hall–Kier alpha value is -3.71. The van der Waals surface area contributed by atoms with Gasteiger partial charge in [0.1, 0.15) is 17.1 Å². The fourth-order valence-corrected chi connectivity index (χ4v) is 4.16. The number of carbonyl (C=O) groups excluding carboxylic acids is 1. The Morgan fingerprint density at radius 3 is 2.42 bits per heavy atom. The first-order chi connectivity index (χ1) is 16.9. The largest absolute Gasteiger partial charge is 0.419 e. The summed E-state index contributed by atoms with van der Waals surface area (Å²) in [5.41, 5.74) is -1.41. The molecule has 0 saturated carbocycles. The number of nitrogens with zero attached hydrogens (tertiary/aromatic N) is 6. The van der Waals surface area contributed by atoms with Crippen LogP contribution in [0.3, 0.4) is 0 Å². The molecule has 0 radical (unpaired) electrons. The number of alkyl halides is 5. The van der Waals surface area contributed by atoms with E-state index in [9.17, 15) is 26.7 Å². The van der Waals surface area contributed by atoms with Crippen LogP contribution in [0.1, 0.15) is 34.8 Å². The van der Waals surface area contributed by atoms with E-state index in [2.05, 4.69) is 25.5 Å². The summed E-state index contributed by atoms with van der Waals surface area (Å²) >= 11 is 0. The van der Waals surface area contributed by atoms with Gasteiger partial charge in [-0.1, -0.05) is 13.0 Å². The maximum atomic E-state index is 15.2. The van der Waals surface area contributed by atoms with Gasteiger partial charge in [-0.15, -0.1) is 0 Å². The van der Waals surface area contributed by atoms with Crippen LogP contribution in [0, 0.1) is 18.7 Å². The van der Waals surface area contributed by atoms with Gasteiger partial charge in [0.05, 0.1) is 30.5 Å². The molecule has 3 heterocycles. The maximum absolute atomic E-state index is 15.2. The number of anilines is 1. The number of hydrogen-bond acceptors (Lipinski definition) is 6. The second-order valence-electron chi connectivity index (χ2n) is 8.62. The summed E-state index contributed by atoms with van der Waals surface area (Å²) in [6.45, 7) is 1.81. The molecule has 1 aliphatic heterocycles. The Morgan fingerprint density at radius 1 is 1.17 bits per heavy atom. The molecule has 8 nitrogen and oxygen atoms in total. The van der Waals surface area contributed by atoms with Crippen LogP contribution >= 0.6 is 0 Å². The van der Waals surface area contributed by atoms with Crippen LogP contribution in [0.5, 0.6) is 0 Å². The molecular weight excluding hydrogens is 492 g/mol. The lowest BCUT2D eigenvalue weighted by Gasteiger charge is -2.43. The monoisotopic (exact) mass is 513 g/mol. The van der Waals surface area contributed by atoms with E-state index in [4.69, 9.17) is 0 Å². The molecule has 192 valence electrons. The third kappa shape index (κ3) is 5.11. The quantitative estimate of drug-likeness (QED) is 0.517. The van der Waals surface area contributed by atoms with Crippen LogP contribution in [0.25, 0.3) is 5.69 Å². The van der Waals surface area contributed by atoms with Crippen LogP contribution in [-0.2, 0) is 6.18 Å². The zero-order chi connectivity index (χ0) is 26.3. The number of nitrogens with one attached hydrogen (secondary N) is 1. The lowest BCUT2D eigenvalue weighted by Crippen LogP contribution is -2.57. The molecule has 1 unspecified atom stereocenters. The highest BCUT2D eigenvalue weighted by molar-refractivity contribution is 5.98. The first kappa shape index (κ1) is 25.4. The van der Waals surface area contributed by atoms with Crippen LogP contribution in [-0.4, -0.2) is 60.8 Å². The highest BCUT2D eigenvalue weighted by Gasteiger charge is 2.47. The molecule has 1 amide bonds. The van der Waals surface area contributed by atoms with Gasteiger partial charge in [0.2, 0.25) is 5.95 Å². The van der Waals surface area contributed by atoms with E-state index in [0.29, 0.717) is 12.4 Å². The number of carbonyl (C=O) groups is 1. The van der Waals surface area contributed by atoms with Crippen molar-refractivity contribution in [2.45, 2.75) is 38.4 Å². The molecule has 36 heavy (non-hydrogen) atoms. The zero-order valence-corrected chi connectivity index (χ0v) is 19.1. The Morgan fingerprint density at radius 2 is 1.81 bits per heavy atom. The Balaban J connectivity index is 1.65. The van der Waals surface area contributed by atoms with Gasteiger partial charge in [0.25, 0.3) is 11.8 Å². The van der Waals surface area contributed by atoms with Gasteiger partial charge in [0, 0.05) is 25.4 Å². The number of likely N-dealkylation sites (tertiary alicyclic amines) is 1. The number of rotatable bonds is 5. The standard InChI is InChI=1S/C22H21F6N7O/c1-12-3-4-15(35-32-5-6-33-35)17(18(12)23)19(36)34-11-21(24,25)7-13(2)16(34)10-31-20-29-8-14(9-30-20)22(26,27)28/h3-6,8-9,13,16H,7,10-11H2,1-2H3,(H,29,30,31)/t13-,16?/m1/s1. The van der Waals surface area contributed by atoms with Crippen molar-refractivity contribution in [1.29, 1.82) is 0 Å². The van der Waals surface area contributed by atoms with Gasteiger partial charge in [-0.3, -0.25) is 4.79 Å². The molecule has 2 atom stereocenters. The Bertz CT molecular complexity index is 1230. The Kier molecular flexibility index (Phi) is 6.62. The number of benzene rings is 1. The first-order valence-electron chi connectivity index (χ1n) is 10.8. The molecule has 2 aromatic heterocycles. The molecule has 0 spiro atoms. The number of amides is 1. The molecule has 4 rings (SSSR count). The molecule has 0 bridgehead atoms. The normalized spacial score (nSPS) is 19.8. The predicted molar refractivity (Wildman–Crippen MR) is 115 cm³/mol. The van der Waals surface area contributed by atoms with E-state index in [1.807, 2.05) is 0 Å². The molecule has 1 aliphatic rings. The van der Waals surface area contributed by atoms with Crippen molar-refractivity contribution in [3.63, 3.8) is 0 Å². The zero-order valence-electron chi connectivity index (χ0n) is 19.1. The summed E-state index contributed by atoms with van der Waals surface area (Å²) in [7, 11) is 0. The fourth-order valence-electron chi connectivity index (χ4n) is 4.16. The van der Waals surface area contributed by atoms with Gasteiger partial charge in [-0.05, 0) is 24.5 Å². The van der Waals surface area contributed by atoms with Crippen molar-refractivity contribution in [2.24, 2.45) is 5.92 Å². The van der Waals surface area contributed by atoms with E-state index in [-0.39, 0.29) is 23.7 Å². The summed E-state index contributed by atoms with van der Waals surface area (Å²) in [5.74, 6) is -6.05. The average Bonchev–Trinajstić information content (AvgIpc) is 3.33. The molecule has 1 fully saturated rings. The van der Waals surface area contributed by atoms with E-state index < -0.39 is 59.9 Å². The second-order valence-corrected chi connectivity index (χ2v) is 8.62. The van der Waals surface area contributed by atoms with Crippen molar-refractivity contribution in [3.05, 3.63) is 59.4 Å². The SMILES string of the molecule is Cc1ccc(-n2nccn2)c(C(=O)N2CC(F)(F)C[C@@H](C)C2CNc2ncc(C(F)(F)F)cn2)c1F. The van der Waals surface area contributed by atoms with E-state index in [1.54, 1.807) is 0 Å². The van der Waals surface area contributed by atoms with Gasteiger partial charge in [-0.25, -0.2) is 23.1 Å². The van der Waals surface area contributed by atoms with Crippen molar-refractivity contribution in [3.8, 4) is 5.69 Å². The number of aromatic nitrogens is 5. The summed E-state index contributed by atoms with van der Waals surface area (Å²) in [6.07, 6.45) is -1.35. The van der Waals surface area contributed by atoms with Gasteiger partial charge in [-0.2, -0.15) is 28.2 Å². The van der Waals surface area contributed by atoms with E-state index in [1.165, 1.54) is 38.4 Å². The van der Waals surface area contributed by atoms with Crippen molar-refractivity contribution < 1.29 is 31.1 Å². The molecular formula is C22H21F6N7O. The minimum Gasteiger partial charge on any atom is -0.352 e. The minimum atomic E-state index is -4.62. The molecule has 1 saturated heterocycles. The lowest BCUT2D eigenvalue weighted by atomic mass is 9.87. The third-order valence-electron chi connectivity index (χ3n) is 5.95. The number of halogens is 6. The van der Waals surface area contributed by atoms with Crippen LogP contribution < -0.4 is 5.32 Å². The van der Waals surface area contributed by atoms with Crippen molar-refractivity contribution in [2.75, 3.05) is 18.4 Å². The maximum Gasteiger partial charge on any atom is 0.419 e. The third-order valence-corrected chi connectivity index (χ3v) is 5.95. The highest BCUT2D eigenvalue weighted by atomic mass is 19.4. The molecule has 1 aromatic carbocycles. The minimum absolute atomic E-state index is 0.0209. The molecule has 0 aliphatic carbocycles. The summed E-state index contributed by atoms with van der Waals surface area (Å²) in [5, 5.41) is 10.5. The predicted octanol–water partition coefficient (Wildman–Crippen LogP) is 4.12. The van der Waals surface area contributed by atoms with Gasteiger partial charge >= 0.3 is 6.18 Å². The summed E-state index contributed by atoms with van der Waals surface area (Å²) in [6, 6.07) is 1.96. The number of hydrogen-bond donors (Lipinski definition) is 1. The van der Waals surface area contributed by atoms with Crippen molar-refractivity contribution in [1.82, 2.24) is 29.9 Å². The van der Waals surface area contributed by atoms with E-state index >= 15 is 4.39 Å². The fraction of sp³-hybridized carbons (Fsp3) is 0.409. The summed E-state index contributed by atoms with van der Waals surface area (Å²) < 4.78 is 82.6. The smallest absolute Gasteiger partial charge is 0.352 e.